The highest BCUT2D eigenvalue weighted by molar-refractivity contribution is 8.00. The number of nitrogens with zero attached hydrogens (tertiary/aromatic N) is 1. The van der Waals surface area contributed by atoms with Gasteiger partial charge in [0.2, 0.25) is 0 Å². The van der Waals surface area contributed by atoms with Gasteiger partial charge in [0.1, 0.15) is 11.5 Å². The molecular formula is C13H11FN2O2S. The number of carbonyl (C=O) groups is 1. The third-order valence-electron chi connectivity index (χ3n) is 2.85. The second-order valence-corrected chi connectivity index (χ2v) is 5.78. The first-order chi connectivity index (χ1) is 9.13. The molecule has 19 heavy (non-hydrogen) atoms. The third kappa shape index (κ3) is 2.63. The summed E-state index contributed by atoms with van der Waals surface area (Å²) in [7, 11) is 0. The van der Waals surface area contributed by atoms with E-state index in [-0.39, 0.29) is 11.5 Å². The molecule has 0 radical (unpaired) electrons. The first kappa shape index (κ1) is 12.2. The van der Waals surface area contributed by atoms with E-state index in [0.29, 0.717) is 21.4 Å². The molecule has 0 atom stereocenters. The molecule has 0 saturated heterocycles. The normalized spacial score (nSPS) is 14.6. The summed E-state index contributed by atoms with van der Waals surface area (Å²) in [5.74, 6) is -1.37. The zero-order valence-electron chi connectivity index (χ0n) is 9.89. The zero-order valence-corrected chi connectivity index (χ0v) is 10.7. The van der Waals surface area contributed by atoms with Crippen molar-refractivity contribution < 1.29 is 14.3 Å². The van der Waals surface area contributed by atoms with Crippen molar-refractivity contribution in [2.45, 2.75) is 23.0 Å². The standard InChI is InChI=1S/C13H11FN2O2S/c14-9-5-7(1-4-12(9)19-8-2-3-8)10-6-11(13(17)18)16-15-10/h1,4-6,8H,2-3H2,(H,15,16)(H,17,18). The van der Waals surface area contributed by atoms with Crippen LogP contribution >= 0.6 is 11.8 Å². The number of H-pyrrole nitrogens is 1. The molecule has 2 N–H and O–H groups in total. The molecule has 0 aliphatic heterocycles. The maximum atomic E-state index is 13.9. The highest BCUT2D eigenvalue weighted by Crippen LogP contribution is 2.40. The number of halogens is 1. The molecule has 4 nitrogen and oxygen atoms in total. The van der Waals surface area contributed by atoms with Crippen LogP contribution in [0.5, 0.6) is 0 Å². The molecular weight excluding hydrogens is 267 g/mol. The van der Waals surface area contributed by atoms with Gasteiger partial charge in [0.15, 0.2) is 0 Å². The van der Waals surface area contributed by atoms with Crippen molar-refractivity contribution in [2.75, 3.05) is 0 Å². The Bertz CT molecular complexity index is 637. The molecule has 2 aromatic rings. The Kier molecular flexibility index (Phi) is 3.02. The molecule has 1 fully saturated rings. The second-order valence-electron chi connectivity index (χ2n) is 4.43. The Morgan fingerprint density at radius 1 is 1.42 bits per heavy atom. The summed E-state index contributed by atoms with van der Waals surface area (Å²) in [4.78, 5) is 11.4. The number of rotatable bonds is 4. The van der Waals surface area contributed by atoms with Gasteiger partial charge in [0, 0.05) is 15.7 Å². The van der Waals surface area contributed by atoms with E-state index in [1.807, 2.05) is 0 Å². The van der Waals surface area contributed by atoms with E-state index in [4.69, 9.17) is 5.11 Å². The summed E-state index contributed by atoms with van der Waals surface area (Å²) in [6.07, 6.45) is 2.29. The van der Waals surface area contributed by atoms with Crippen molar-refractivity contribution in [3.05, 3.63) is 35.8 Å². The molecule has 0 spiro atoms. The highest BCUT2D eigenvalue weighted by atomic mass is 32.2. The Morgan fingerprint density at radius 2 is 2.21 bits per heavy atom. The summed E-state index contributed by atoms with van der Waals surface area (Å²) in [5, 5.41) is 15.6. The highest BCUT2D eigenvalue weighted by Gasteiger charge is 2.24. The zero-order chi connectivity index (χ0) is 13.4. The summed E-state index contributed by atoms with van der Waals surface area (Å²) in [6, 6.07) is 6.27. The van der Waals surface area contributed by atoms with Crippen LogP contribution in [0.1, 0.15) is 23.3 Å². The number of aromatic amines is 1. The lowest BCUT2D eigenvalue weighted by molar-refractivity contribution is 0.0690. The van der Waals surface area contributed by atoms with Crippen LogP contribution in [0.2, 0.25) is 0 Å². The SMILES string of the molecule is O=C(O)c1cc(-c2ccc(SC3CC3)c(F)c2)n[nH]1. The Hall–Kier alpha value is -1.82. The second kappa shape index (κ2) is 4.70. The summed E-state index contributed by atoms with van der Waals surface area (Å²) in [5.41, 5.74) is 0.993. The minimum Gasteiger partial charge on any atom is -0.477 e. The van der Waals surface area contributed by atoms with Gasteiger partial charge >= 0.3 is 5.97 Å². The molecule has 6 heteroatoms. The average Bonchev–Trinajstić information content (AvgIpc) is 3.05. The van der Waals surface area contributed by atoms with E-state index in [1.54, 1.807) is 23.9 Å². The number of thioether (sulfide) groups is 1. The van der Waals surface area contributed by atoms with Gasteiger partial charge in [-0.1, -0.05) is 6.07 Å². The largest absolute Gasteiger partial charge is 0.477 e. The third-order valence-corrected chi connectivity index (χ3v) is 4.24. The number of carboxylic acids is 1. The molecule has 1 aliphatic rings. The first-order valence-electron chi connectivity index (χ1n) is 5.89. The van der Waals surface area contributed by atoms with Crippen molar-refractivity contribution in [1.82, 2.24) is 10.2 Å². The van der Waals surface area contributed by atoms with E-state index in [9.17, 15) is 9.18 Å². The molecule has 0 bridgehead atoms. The minimum atomic E-state index is -1.08. The lowest BCUT2D eigenvalue weighted by Crippen LogP contribution is -1.95. The Morgan fingerprint density at radius 3 is 2.79 bits per heavy atom. The quantitative estimate of drug-likeness (QED) is 0.901. The van der Waals surface area contributed by atoms with Gasteiger partial charge in [0.05, 0.1) is 5.69 Å². The molecule has 0 unspecified atom stereocenters. The Labute approximate surface area is 113 Å². The lowest BCUT2D eigenvalue weighted by atomic mass is 10.1. The number of aromatic nitrogens is 2. The molecule has 1 aromatic heterocycles. The number of hydrogen-bond donors (Lipinski definition) is 2. The van der Waals surface area contributed by atoms with Gasteiger partial charge < -0.3 is 5.11 Å². The van der Waals surface area contributed by atoms with E-state index < -0.39 is 5.97 Å². The van der Waals surface area contributed by atoms with Crippen molar-refractivity contribution >= 4 is 17.7 Å². The van der Waals surface area contributed by atoms with E-state index >= 15 is 0 Å². The van der Waals surface area contributed by atoms with Crippen LogP contribution in [-0.2, 0) is 0 Å². The van der Waals surface area contributed by atoms with Crippen LogP contribution in [0.15, 0.2) is 29.2 Å². The van der Waals surface area contributed by atoms with Crippen LogP contribution in [0.4, 0.5) is 4.39 Å². The topological polar surface area (TPSA) is 66.0 Å². The van der Waals surface area contributed by atoms with Crippen molar-refractivity contribution in [3.63, 3.8) is 0 Å². The van der Waals surface area contributed by atoms with Crippen LogP contribution in [-0.4, -0.2) is 26.5 Å². The number of nitrogens with one attached hydrogen (secondary N) is 1. The molecule has 0 amide bonds. The van der Waals surface area contributed by atoms with Crippen LogP contribution < -0.4 is 0 Å². The van der Waals surface area contributed by atoms with Crippen molar-refractivity contribution in [1.29, 1.82) is 0 Å². The molecule has 1 aromatic carbocycles. The Balaban J connectivity index is 1.87. The summed E-state index contributed by atoms with van der Waals surface area (Å²) >= 11 is 1.55. The summed E-state index contributed by atoms with van der Waals surface area (Å²) < 4.78 is 13.9. The molecule has 1 saturated carbocycles. The van der Waals surface area contributed by atoms with Gasteiger partial charge in [0.25, 0.3) is 0 Å². The molecule has 1 heterocycles. The predicted octanol–water partition coefficient (Wildman–Crippen LogP) is 3.17. The van der Waals surface area contributed by atoms with E-state index in [1.165, 1.54) is 12.1 Å². The fraction of sp³-hybridized carbons (Fsp3) is 0.231. The first-order valence-corrected chi connectivity index (χ1v) is 6.77. The van der Waals surface area contributed by atoms with Gasteiger partial charge in [-0.3, -0.25) is 5.10 Å². The fourth-order valence-electron chi connectivity index (χ4n) is 1.70. The van der Waals surface area contributed by atoms with Gasteiger partial charge in [-0.05, 0) is 31.0 Å². The van der Waals surface area contributed by atoms with Crippen molar-refractivity contribution in [2.24, 2.45) is 0 Å². The van der Waals surface area contributed by atoms with Gasteiger partial charge in [-0.25, -0.2) is 9.18 Å². The number of benzene rings is 1. The molecule has 98 valence electrons. The number of aromatic carboxylic acids is 1. The maximum Gasteiger partial charge on any atom is 0.353 e. The lowest BCUT2D eigenvalue weighted by Gasteiger charge is -2.03. The summed E-state index contributed by atoms with van der Waals surface area (Å²) in [6.45, 7) is 0. The fourth-order valence-corrected chi connectivity index (χ4v) is 2.75. The van der Waals surface area contributed by atoms with Crippen molar-refractivity contribution in [3.8, 4) is 11.3 Å². The number of hydrogen-bond acceptors (Lipinski definition) is 3. The maximum absolute atomic E-state index is 13.9. The van der Waals surface area contributed by atoms with E-state index in [2.05, 4.69) is 10.2 Å². The smallest absolute Gasteiger partial charge is 0.353 e. The average molecular weight is 278 g/mol. The van der Waals surface area contributed by atoms with Crippen LogP contribution in [0.25, 0.3) is 11.3 Å². The number of carboxylic acid groups (broad SMARTS) is 1. The van der Waals surface area contributed by atoms with E-state index in [0.717, 1.165) is 12.8 Å². The van der Waals surface area contributed by atoms with Gasteiger partial charge in [-0.2, -0.15) is 5.10 Å². The van der Waals surface area contributed by atoms with Crippen LogP contribution in [0.3, 0.4) is 0 Å². The monoisotopic (exact) mass is 278 g/mol. The molecule has 1 aliphatic carbocycles. The minimum absolute atomic E-state index is 0.00756. The van der Waals surface area contributed by atoms with Crippen LogP contribution in [0, 0.1) is 5.82 Å². The predicted molar refractivity (Wildman–Crippen MR) is 69.8 cm³/mol. The molecule has 3 rings (SSSR count). The van der Waals surface area contributed by atoms with Gasteiger partial charge in [-0.15, -0.1) is 11.8 Å².